The van der Waals surface area contributed by atoms with E-state index in [0.717, 1.165) is 17.7 Å². The first-order valence-corrected chi connectivity index (χ1v) is 5.19. The van der Waals surface area contributed by atoms with Crippen LogP contribution in [-0.4, -0.2) is 16.9 Å². The molecule has 1 aliphatic heterocycles. The summed E-state index contributed by atoms with van der Waals surface area (Å²) in [6, 6.07) is 7.64. The van der Waals surface area contributed by atoms with E-state index in [1.807, 2.05) is 24.3 Å². The van der Waals surface area contributed by atoms with Crippen LogP contribution in [0.15, 0.2) is 24.3 Å². The number of hydrogen-bond acceptors (Lipinski definition) is 2. The van der Waals surface area contributed by atoms with Crippen molar-refractivity contribution in [2.45, 2.75) is 19.4 Å². The highest BCUT2D eigenvalue weighted by Gasteiger charge is 2.33. The number of nitrogens with two attached hydrogens (primary N) is 1. The number of carbonyl (C=O) groups excluding carboxylic acids is 1. The summed E-state index contributed by atoms with van der Waals surface area (Å²) in [5, 5.41) is 0. The predicted octanol–water partition coefficient (Wildman–Crippen LogP) is 1.25. The molecule has 0 radical (unpaired) electrons. The number of amides is 1. The Morgan fingerprint density at radius 2 is 2.20 bits per heavy atom. The van der Waals surface area contributed by atoms with Crippen LogP contribution in [-0.2, 0) is 11.2 Å². The van der Waals surface area contributed by atoms with E-state index < -0.39 is 0 Å². The molecule has 0 aromatic heterocycles. The molecule has 0 aliphatic carbocycles. The lowest BCUT2D eigenvalue weighted by Crippen LogP contribution is -2.44. The Hall–Kier alpha value is -1.42. The zero-order valence-electron chi connectivity index (χ0n) is 8.43. The maximum absolute atomic E-state index is 11.5. The van der Waals surface area contributed by atoms with Crippen molar-refractivity contribution in [1.82, 2.24) is 0 Å². The molecular formula is C11H12N2OS. The molecule has 0 fully saturated rings. The fourth-order valence-corrected chi connectivity index (χ4v) is 2.19. The minimum absolute atomic E-state index is 0.0160. The van der Waals surface area contributed by atoms with Crippen molar-refractivity contribution >= 4 is 28.8 Å². The van der Waals surface area contributed by atoms with Crippen molar-refractivity contribution in [2.24, 2.45) is 5.73 Å². The van der Waals surface area contributed by atoms with Gasteiger partial charge in [-0.05, 0) is 11.6 Å². The fraction of sp³-hybridized carbons (Fsp3) is 0.273. The third-order valence-electron chi connectivity index (χ3n) is 2.64. The van der Waals surface area contributed by atoms with Crippen molar-refractivity contribution in [3.8, 4) is 0 Å². The Morgan fingerprint density at radius 3 is 2.80 bits per heavy atom. The van der Waals surface area contributed by atoms with Gasteiger partial charge in [0.1, 0.15) is 0 Å². The molecule has 15 heavy (non-hydrogen) atoms. The second-order valence-electron chi connectivity index (χ2n) is 3.64. The van der Waals surface area contributed by atoms with Crippen LogP contribution in [0, 0.1) is 0 Å². The molecule has 78 valence electrons. The zero-order chi connectivity index (χ0) is 11.0. The second-order valence-corrected chi connectivity index (χ2v) is 4.11. The number of hydrogen-bond donors (Lipinski definition) is 1. The van der Waals surface area contributed by atoms with Gasteiger partial charge < -0.3 is 10.6 Å². The van der Waals surface area contributed by atoms with Crippen LogP contribution in [0.25, 0.3) is 0 Å². The Labute approximate surface area is 93.9 Å². The maximum atomic E-state index is 11.5. The van der Waals surface area contributed by atoms with E-state index in [9.17, 15) is 4.79 Å². The lowest BCUT2D eigenvalue weighted by atomic mass is 10.1. The smallest absolute Gasteiger partial charge is 0.224 e. The number of fused-ring (bicyclic) bond motifs is 1. The number of para-hydroxylation sites is 1. The van der Waals surface area contributed by atoms with Gasteiger partial charge in [0.15, 0.2) is 0 Å². The van der Waals surface area contributed by atoms with Gasteiger partial charge in [-0.3, -0.25) is 4.79 Å². The molecule has 1 aromatic carbocycles. The first-order valence-electron chi connectivity index (χ1n) is 4.78. The number of benzene rings is 1. The second kappa shape index (κ2) is 3.62. The summed E-state index contributed by atoms with van der Waals surface area (Å²) < 4.78 is 0. The molecule has 1 aromatic rings. The van der Waals surface area contributed by atoms with Crippen molar-refractivity contribution < 1.29 is 4.79 Å². The normalized spacial score (nSPS) is 18.7. The first-order chi connectivity index (χ1) is 7.11. The average Bonchev–Trinajstić information content (AvgIpc) is 2.56. The van der Waals surface area contributed by atoms with E-state index in [4.69, 9.17) is 18.0 Å². The SMILES string of the molecule is CC(=O)N1c2ccccc2CC1C(N)=S. The van der Waals surface area contributed by atoms with Crippen molar-refractivity contribution in [3.63, 3.8) is 0 Å². The first kappa shape index (κ1) is 10.1. The summed E-state index contributed by atoms with van der Waals surface area (Å²) in [6.07, 6.45) is 0.727. The molecule has 4 heteroatoms. The summed E-state index contributed by atoms with van der Waals surface area (Å²) in [6.45, 7) is 1.54. The van der Waals surface area contributed by atoms with E-state index in [2.05, 4.69) is 0 Å². The van der Waals surface area contributed by atoms with E-state index in [0.29, 0.717) is 4.99 Å². The van der Waals surface area contributed by atoms with Gasteiger partial charge in [-0.25, -0.2) is 0 Å². The zero-order valence-corrected chi connectivity index (χ0v) is 9.25. The minimum Gasteiger partial charge on any atom is -0.392 e. The maximum Gasteiger partial charge on any atom is 0.224 e. The third kappa shape index (κ3) is 1.61. The summed E-state index contributed by atoms with van der Waals surface area (Å²) in [5.74, 6) is -0.0160. The lowest BCUT2D eigenvalue weighted by molar-refractivity contribution is -0.116. The highest BCUT2D eigenvalue weighted by atomic mass is 32.1. The Kier molecular flexibility index (Phi) is 2.44. The summed E-state index contributed by atoms with van der Waals surface area (Å²) >= 11 is 4.98. The quantitative estimate of drug-likeness (QED) is 0.725. The largest absolute Gasteiger partial charge is 0.392 e. The Bertz CT molecular complexity index is 430. The van der Waals surface area contributed by atoms with Gasteiger partial charge in [-0.1, -0.05) is 30.4 Å². The molecule has 0 saturated carbocycles. The van der Waals surface area contributed by atoms with Crippen LogP contribution in [0.1, 0.15) is 12.5 Å². The third-order valence-corrected chi connectivity index (χ3v) is 2.92. The number of nitrogens with zero attached hydrogens (tertiary/aromatic N) is 1. The van der Waals surface area contributed by atoms with E-state index in [-0.39, 0.29) is 11.9 Å². The van der Waals surface area contributed by atoms with Gasteiger partial charge in [0.25, 0.3) is 0 Å². The van der Waals surface area contributed by atoms with Gasteiger partial charge >= 0.3 is 0 Å². The number of thiocarbonyl (C=S) groups is 1. The van der Waals surface area contributed by atoms with Gasteiger partial charge in [-0.15, -0.1) is 0 Å². The summed E-state index contributed by atoms with van der Waals surface area (Å²) in [7, 11) is 0. The molecule has 0 saturated heterocycles. The van der Waals surface area contributed by atoms with Crippen LogP contribution >= 0.6 is 12.2 Å². The molecule has 1 amide bonds. The summed E-state index contributed by atoms with van der Waals surface area (Å²) in [4.78, 5) is 13.6. The van der Waals surface area contributed by atoms with Crippen LogP contribution in [0.4, 0.5) is 5.69 Å². The molecule has 1 aliphatic rings. The van der Waals surface area contributed by atoms with Gasteiger partial charge in [0.05, 0.1) is 11.0 Å². The fourth-order valence-electron chi connectivity index (χ4n) is 2.00. The van der Waals surface area contributed by atoms with Crippen molar-refractivity contribution in [2.75, 3.05) is 4.90 Å². The van der Waals surface area contributed by atoms with Crippen molar-refractivity contribution in [1.29, 1.82) is 0 Å². The molecule has 1 unspecified atom stereocenters. The molecular weight excluding hydrogens is 208 g/mol. The van der Waals surface area contributed by atoms with Crippen LogP contribution in [0.5, 0.6) is 0 Å². The van der Waals surface area contributed by atoms with Gasteiger partial charge in [-0.2, -0.15) is 0 Å². The highest BCUT2D eigenvalue weighted by molar-refractivity contribution is 7.80. The molecule has 2 rings (SSSR count). The standard InChI is InChI=1S/C11H12N2OS/c1-7(14)13-9-5-3-2-4-8(9)6-10(13)11(12)15/h2-5,10H,6H2,1H3,(H2,12,15). The van der Waals surface area contributed by atoms with Crippen LogP contribution < -0.4 is 10.6 Å². The molecule has 3 nitrogen and oxygen atoms in total. The lowest BCUT2D eigenvalue weighted by Gasteiger charge is -2.22. The van der Waals surface area contributed by atoms with Crippen LogP contribution in [0.3, 0.4) is 0 Å². The molecule has 2 N–H and O–H groups in total. The topological polar surface area (TPSA) is 46.3 Å². The molecule has 0 spiro atoms. The molecule has 1 atom stereocenters. The highest BCUT2D eigenvalue weighted by Crippen LogP contribution is 2.31. The monoisotopic (exact) mass is 220 g/mol. The molecule has 0 bridgehead atoms. The average molecular weight is 220 g/mol. The van der Waals surface area contributed by atoms with Gasteiger partial charge in [0.2, 0.25) is 5.91 Å². The Balaban J connectivity index is 2.46. The number of carbonyl (C=O) groups is 1. The Morgan fingerprint density at radius 1 is 1.53 bits per heavy atom. The predicted molar refractivity (Wildman–Crippen MR) is 63.9 cm³/mol. The summed E-state index contributed by atoms with van der Waals surface area (Å²) in [5.41, 5.74) is 7.71. The molecule has 1 heterocycles. The van der Waals surface area contributed by atoms with Crippen molar-refractivity contribution in [3.05, 3.63) is 29.8 Å². The van der Waals surface area contributed by atoms with Crippen LogP contribution in [0.2, 0.25) is 0 Å². The minimum atomic E-state index is -0.158. The van der Waals surface area contributed by atoms with E-state index in [1.165, 1.54) is 6.92 Å². The number of rotatable bonds is 1. The number of anilines is 1. The van der Waals surface area contributed by atoms with Gasteiger partial charge in [0, 0.05) is 19.0 Å². The van der Waals surface area contributed by atoms with E-state index in [1.54, 1.807) is 4.90 Å². The van der Waals surface area contributed by atoms with E-state index >= 15 is 0 Å².